The van der Waals surface area contributed by atoms with Crippen molar-refractivity contribution in [3.8, 4) is 11.3 Å². The predicted molar refractivity (Wildman–Crippen MR) is 102 cm³/mol. The normalized spacial score (nSPS) is 16.9. The van der Waals surface area contributed by atoms with Gasteiger partial charge in [0, 0.05) is 25.9 Å². The van der Waals surface area contributed by atoms with E-state index in [9.17, 15) is 4.79 Å². The first kappa shape index (κ1) is 17.5. The molecule has 2 aromatic heterocycles. The summed E-state index contributed by atoms with van der Waals surface area (Å²) in [5, 5.41) is 8.66. The highest BCUT2D eigenvalue weighted by Crippen LogP contribution is 2.37. The molecule has 0 N–H and O–H groups in total. The van der Waals surface area contributed by atoms with Gasteiger partial charge in [-0.2, -0.15) is 5.10 Å². The number of aromatic nitrogens is 3. The van der Waals surface area contributed by atoms with Gasteiger partial charge in [0.05, 0.1) is 29.4 Å². The van der Waals surface area contributed by atoms with Gasteiger partial charge in [0.15, 0.2) is 5.76 Å². The van der Waals surface area contributed by atoms with E-state index in [0.717, 1.165) is 41.9 Å². The van der Waals surface area contributed by atoms with Crippen molar-refractivity contribution in [1.82, 2.24) is 19.8 Å². The van der Waals surface area contributed by atoms with E-state index in [1.807, 2.05) is 55.4 Å². The third-order valence-corrected chi connectivity index (χ3v) is 5.12. The molecule has 0 saturated carbocycles. The fourth-order valence-corrected chi connectivity index (χ4v) is 3.76. The van der Waals surface area contributed by atoms with Crippen molar-refractivity contribution in [3.63, 3.8) is 0 Å². The molecule has 1 amide bonds. The zero-order valence-electron chi connectivity index (χ0n) is 16.0. The first-order chi connectivity index (χ1) is 13.0. The summed E-state index contributed by atoms with van der Waals surface area (Å²) in [6.45, 7) is 4.72. The molecule has 6 nitrogen and oxygen atoms in total. The molecule has 1 saturated heterocycles. The van der Waals surface area contributed by atoms with Gasteiger partial charge in [-0.3, -0.25) is 9.48 Å². The van der Waals surface area contributed by atoms with Gasteiger partial charge >= 0.3 is 0 Å². The molecule has 6 heteroatoms. The lowest BCUT2D eigenvalue weighted by molar-refractivity contribution is -0.131. The van der Waals surface area contributed by atoms with Crippen molar-refractivity contribution < 1.29 is 9.32 Å². The summed E-state index contributed by atoms with van der Waals surface area (Å²) in [7, 11) is 1.89. The van der Waals surface area contributed by atoms with E-state index >= 15 is 0 Å². The average molecular weight is 364 g/mol. The number of hydrogen-bond acceptors (Lipinski definition) is 4. The molecule has 0 aliphatic carbocycles. The maximum absolute atomic E-state index is 13.0. The lowest BCUT2D eigenvalue weighted by Crippen LogP contribution is -2.32. The lowest BCUT2D eigenvalue weighted by atomic mass is 10.0. The van der Waals surface area contributed by atoms with Crippen LogP contribution in [0.15, 0.2) is 41.1 Å². The van der Waals surface area contributed by atoms with E-state index in [-0.39, 0.29) is 11.9 Å². The zero-order valence-corrected chi connectivity index (χ0v) is 16.0. The molecule has 0 radical (unpaired) electrons. The van der Waals surface area contributed by atoms with Gasteiger partial charge in [-0.15, -0.1) is 0 Å². The average Bonchev–Trinajstić information content (AvgIpc) is 3.35. The first-order valence-corrected chi connectivity index (χ1v) is 9.33. The second-order valence-corrected chi connectivity index (χ2v) is 7.34. The second kappa shape index (κ2) is 7.02. The number of amides is 1. The molecule has 0 spiro atoms. The Hall–Kier alpha value is -2.89. The summed E-state index contributed by atoms with van der Waals surface area (Å²) in [6, 6.07) is 10.0. The second-order valence-electron chi connectivity index (χ2n) is 7.34. The van der Waals surface area contributed by atoms with Gasteiger partial charge in [-0.05, 0) is 32.3 Å². The first-order valence-electron chi connectivity index (χ1n) is 9.33. The Kier molecular flexibility index (Phi) is 4.56. The van der Waals surface area contributed by atoms with Crippen LogP contribution in [0.25, 0.3) is 11.3 Å². The molecule has 3 aromatic rings. The summed E-state index contributed by atoms with van der Waals surface area (Å²) in [5.41, 5.74) is 4.88. The van der Waals surface area contributed by atoms with Crippen LogP contribution < -0.4 is 0 Å². The molecule has 1 fully saturated rings. The summed E-state index contributed by atoms with van der Waals surface area (Å²) in [5.74, 6) is 0.847. The smallest absolute Gasteiger partial charge is 0.227 e. The zero-order chi connectivity index (χ0) is 19.0. The van der Waals surface area contributed by atoms with E-state index in [4.69, 9.17) is 4.52 Å². The standard InChI is InChI=1S/C21H24N4O2/c1-14-6-8-16(9-7-14)12-20(26)25-10-4-5-18(25)21-17(13-24(3)22-21)19-11-15(2)23-27-19/h6-9,11,13,18H,4-5,10,12H2,1-3H3/t18-/m1/s1. The Bertz CT molecular complexity index is 955. The van der Waals surface area contributed by atoms with E-state index in [0.29, 0.717) is 12.2 Å². The van der Waals surface area contributed by atoms with Crippen molar-refractivity contribution >= 4 is 5.91 Å². The van der Waals surface area contributed by atoms with Crippen LogP contribution in [0.5, 0.6) is 0 Å². The van der Waals surface area contributed by atoms with Gasteiger partial charge in [-0.25, -0.2) is 0 Å². The monoisotopic (exact) mass is 364 g/mol. The molecule has 27 heavy (non-hydrogen) atoms. The summed E-state index contributed by atoms with van der Waals surface area (Å²) < 4.78 is 7.24. The molecule has 0 bridgehead atoms. The summed E-state index contributed by atoms with van der Waals surface area (Å²) in [4.78, 5) is 15.0. The number of carbonyl (C=O) groups is 1. The molecule has 1 aliphatic heterocycles. The highest BCUT2D eigenvalue weighted by atomic mass is 16.5. The predicted octanol–water partition coefficient (Wildman–Crippen LogP) is 3.60. The van der Waals surface area contributed by atoms with Gasteiger partial charge in [0.25, 0.3) is 0 Å². The van der Waals surface area contributed by atoms with Crippen LogP contribution in [0.1, 0.15) is 41.4 Å². The van der Waals surface area contributed by atoms with Gasteiger partial charge in [-0.1, -0.05) is 35.0 Å². The minimum Gasteiger partial charge on any atom is -0.356 e. The van der Waals surface area contributed by atoms with Crippen molar-refractivity contribution in [2.24, 2.45) is 7.05 Å². The Morgan fingerprint density at radius 2 is 2.04 bits per heavy atom. The highest BCUT2D eigenvalue weighted by Gasteiger charge is 2.34. The van der Waals surface area contributed by atoms with E-state index in [1.54, 1.807) is 4.68 Å². The molecule has 1 aromatic carbocycles. The maximum atomic E-state index is 13.0. The van der Waals surface area contributed by atoms with Crippen molar-refractivity contribution in [2.45, 2.75) is 39.2 Å². The van der Waals surface area contributed by atoms with Crippen molar-refractivity contribution in [1.29, 1.82) is 0 Å². The van der Waals surface area contributed by atoms with E-state index in [1.165, 1.54) is 5.56 Å². The van der Waals surface area contributed by atoms with Crippen LogP contribution in [-0.2, 0) is 18.3 Å². The molecule has 1 atom stereocenters. The lowest BCUT2D eigenvalue weighted by Gasteiger charge is -2.24. The van der Waals surface area contributed by atoms with Crippen LogP contribution in [0.2, 0.25) is 0 Å². The van der Waals surface area contributed by atoms with Crippen LogP contribution in [-0.4, -0.2) is 32.3 Å². The van der Waals surface area contributed by atoms with E-state index < -0.39 is 0 Å². The van der Waals surface area contributed by atoms with Gasteiger partial charge in [0.1, 0.15) is 0 Å². The largest absolute Gasteiger partial charge is 0.356 e. The quantitative estimate of drug-likeness (QED) is 0.710. The summed E-state index contributed by atoms with van der Waals surface area (Å²) in [6.07, 6.45) is 4.25. The molecule has 0 unspecified atom stereocenters. The number of aryl methyl sites for hydroxylation is 3. The Morgan fingerprint density at radius 3 is 2.74 bits per heavy atom. The topological polar surface area (TPSA) is 64.2 Å². The van der Waals surface area contributed by atoms with Gasteiger partial charge < -0.3 is 9.42 Å². The number of hydrogen-bond donors (Lipinski definition) is 0. The fraction of sp³-hybridized carbons (Fsp3) is 0.381. The van der Waals surface area contributed by atoms with Crippen LogP contribution in [0.3, 0.4) is 0 Å². The van der Waals surface area contributed by atoms with Crippen molar-refractivity contribution in [3.05, 3.63) is 59.0 Å². The SMILES string of the molecule is Cc1ccc(CC(=O)N2CCC[C@@H]2c2nn(C)cc2-c2cc(C)no2)cc1. The number of rotatable bonds is 4. The molecule has 140 valence electrons. The molecule has 4 rings (SSSR count). The van der Waals surface area contributed by atoms with Crippen LogP contribution in [0, 0.1) is 13.8 Å². The van der Waals surface area contributed by atoms with Crippen molar-refractivity contribution in [2.75, 3.05) is 6.54 Å². The van der Waals surface area contributed by atoms with Gasteiger partial charge in [0.2, 0.25) is 5.91 Å². The minimum atomic E-state index is -0.0236. The Morgan fingerprint density at radius 1 is 1.26 bits per heavy atom. The Labute approximate surface area is 158 Å². The van der Waals surface area contributed by atoms with Crippen LogP contribution >= 0.6 is 0 Å². The number of carbonyl (C=O) groups excluding carboxylic acids is 1. The molecule has 3 heterocycles. The number of likely N-dealkylation sites (tertiary alicyclic amines) is 1. The third kappa shape index (κ3) is 3.52. The third-order valence-electron chi connectivity index (χ3n) is 5.12. The van der Waals surface area contributed by atoms with Crippen LogP contribution in [0.4, 0.5) is 0 Å². The number of benzene rings is 1. The number of nitrogens with zero attached hydrogens (tertiary/aromatic N) is 4. The summed E-state index contributed by atoms with van der Waals surface area (Å²) >= 11 is 0. The Balaban J connectivity index is 1.60. The maximum Gasteiger partial charge on any atom is 0.227 e. The molecule has 1 aliphatic rings. The molecular weight excluding hydrogens is 340 g/mol. The fourth-order valence-electron chi connectivity index (χ4n) is 3.76. The van der Waals surface area contributed by atoms with E-state index in [2.05, 4.69) is 17.2 Å². The molecular formula is C21H24N4O2. The highest BCUT2D eigenvalue weighted by molar-refractivity contribution is 5.80. The minimum absolute atomic E-state index is 0.0236.